The molecule has 0 aliphatic heterocycles. The maximum atomic E-state index is 12.2. The molecule has 0 heterocycles. The van der Waals surface area contributed by atoms with E-state index in [0.29, 0.717) is 16.7 Å². The number of hydrogen-bond donors (Lipinski definition) is 1. The Hall–Kier alpha value is -1.93. The lowest BCUT2D eigenvalue weighted by molar-refractivity contribution is -0.0497. The average Bonchev–Trinajstić information content (AvgIpc) is 2.49. The first-order valence-corrected chi connectivity index (χ1v) is 7.71. The maximum absolute atomic E-state index is 12.2. The van der Waals surface area contributed by atoms with Gasteiger partial charge in [-0.15, -0.1) is 0 Å². The topological polar surface area (TPSA) is 38.3 Å². The monoisotopic (exact) mass is 379 g/mol. The van der Waals surface area contributed by atoms with Crippen LogP contribution >= 0.6 is 23.4 Å². The smallest absolute Gasteiger partial charge is 0.387 e. The number of benzene rings is 2. The summed E-state index contributed by atoms with van der Waals surface area (Å²) < 4.78 is 52.9. The second-order valence-corrected chi connectivity index (χ2v) is 5.85. The van der Waals surface area contributed by atoms with Crippen LogP contribution in [0.3, 0.4) is 0 Å². The molecule has 2 aromatic carbocycles. The molecule has 0 saturated heterocycles. The summed E-state index contributed by atoms with van der Waals surface area (Å²) in [4.78, 5) is 12.4. The summed E-state index contributed by atoms with van der Waals surface area (Å²) in [5.74, 6) is -3.25. The normalized spacial score (nSPS) is 11.0. The van der Waals surface area contributed by atoms with Crippen LogP contribution in [-0.2, 0) is 0 Å². The Morgan fingerprint density at radius 3 is 2.29 bits per heavy atom. The highest BCUT2D eigenvalue weighted by atomic mass is 35.5. The largest absolute Gasteiger partial charge is 0.433 e. The summed E-state index contributed by atoms with van der Waals surface area (Å²) in [6.07, 6.45) is 0. The number of ether oxygens (including phenoxy) is 1. The lowest BCUT2D eigenvalue weighted by atomic mass is 10.2. The van der Waals surface area contributed by atoms with Crippen molar-refractivity contribution < 1.29 is 27.1 Å². The van der Waals surface area contributed by atoms with Gasteiger partial charge in [-0.25, -0.2) is 0 Å². The second kappa shape index (κ2) is 8.25. The van der Waals surface area contributed by atoms with Crippen molar-refractivity contribution in [2.45, 2.75) is 17.3 Å². The molecule has 24 heavy (non-hydrogen) atoms. The molecule has 0 fully saturated rings. The third-order valence-electron chi connectivity index (χ3n) is 2.75. The van der Waals surface area contributed by atoms with Crippen molar-refractivity contribution in [2.24, 2.45) is 0 Å². The number of nitrogens with one attached hydrogen (secondary N) is 1. The Bertz CT molecular complexity index is 713. The number of rotatable bonds is 6. The van der Waals surface area contributed by atoms with Gasteiger partial charge in [0.15, 0.2) is 0 Å². The van der Waals surface area contributed by atoms with Gasteiger partial charge in [-0.3, -0.25) is 4.79 Å². The fraction of sp³-hybridized carbons (Fsp3) is 0.133. The maximum Gasteiger partial charge on any atom is 0.387 e. The van der Waals surface area contributed by atoms with Gasteiger partial charge < -0.3 is 10.1 Å². The van der Waals surface area contributed by atoms with Gasteiger partial charge in [0.05, 0.1) is 5.02 Å². The molecule has 0 bridgehead atoms. The highest BCUT2D eigenvalue weighted by Crippen LogP contribution is 2.29. The highest BCUT2D eigenvalue weighted by molar-refractivity contribution is 7.99. The molecule has 0 aliphatic carbocycles. The Kier molecular flexibility index (Phi) is 6.33. The number of halogens is 5. The first-order chi connectivity index (χ1) is 11.3. The van der Waals surface area contributed by atoms with Crippen molar-refractivity contribution in [1.82, 2.24) is 0 Å². The van der Waals surface area contributed by atoms with E-state index in [1.807, 2.05) is 0 Å². The van der Waals surface area contributed by atoms with Crippen molar-refractivity contribution in [3.8, 4) is 5.75 Å². The molecule has 0 spiro atoms. The molecule has 3 nitrogen and oxygen atoms in total. The third kappa shape index (κ3) is 5.31. The van der Waals surface area contributed by atoms with Crippen LogP contribution in [0.2, 0.25) is 5.02 Å². The highest BCUT2D eigenvalue weighted by Gasteiger charge is 2.12. The molecule has 0 atom stereocenters. The summed E-state index contributed by atoms with van der Waals surface area (Å²) >= 11 is 6.16. The van der Waals surface area contributed by atoms with Gasteiger partial charge in [-0.05, 0) is 42.5 Å². The van der Waals surface area contributed by atoms with Gasteiger partial charge in [0.25, 0.3) is 11.7 Å². The second-order valence-electron chi connectivity index (χ2n) is 4.38. The molecule has 0 aromatic heterocycles. The summed E-state index contributed by atoms with van der Waals surface area (Å²) in [5.41, 5.74) is 0.523. The Labute approximate surface area is 143 Å². The van der Waals surface area contributed by atoms with Gasteiger partial charge in [0.1, 0.15) is 5.75 Å². The van der Waals surface area contributed by atoms with Crippen LogP contribution in [-0.4, -0.2) is 18.3 Å². The van der Waals surface area contributed by atoms with E-state index in [0.717, 1.165) is 0 Å². The van der Waals surface area contributed by atoms with Crippen molar-refractivity contribution >= 4 is 35.0 Å². The first kappa shape index (κ1) is 18.4. The van der Waals surface area contributed by atoms with E-state index >= 15 is 0 Å². The number of hydrogen-bond acceptors (Lipinski definition) is 3. The summed E-state index contributed by atoms with van der Waals surface area (Å²) in [6, 6.07) is 9.41. The molecule has 9 heteroatoms. The van der Waals surface area contributed by atoms with Gasteiger partial charge in [0.2, 0.25) is 0 Å². The van der Waals surface area contributed by atoms with Crippen LogP contribution in [0.4, 0.5) is 23.2 Å². The standard InChI is InChI=1S/C15H10ClF4NO2S/c16-11-7-9(3-6-12(11)23-14(17)18)21-13(22)8-1-4-10(5-2-8)24-15(19)20/h1-7,14-15H,(H,21,22). The zero-order valence-electron chi connectivity index (χ0n) is 11.8. The van der Waals surface area contributed by atoms with Crippen LogP contribution in [0, 0.1) is 0 Å². The fourth-order valence-electron chi connectivity index (χ4n) is 1.76. The molecule has 2 aromatic rings. The molecule has 128 valence electrons. The predicted octanol–water partition coefficient (Wildman–Crippen LogP) is 5.51. The molecule has 2 rings (SSSR count). The molecule has 1 amide bonds. The Morgan fingerprint density at radius 1 is 1.08 bits per heavy atom. The summed E-state index contributed by atoms with van der Waals surface area (Å²) in [7, 11) is 0. The number of thioether (sulfide) groups is 1. The first-order valence-electron chi connectivity index (χ1n) is 6.46. The van der Waals surface area contributed by atoms with Crippen LogP contribution < -0.4 is 10.1 Å². The Morgan fingerprint density at radius 2 is 1.75 bits per heavy atom. The van der Waals surface area contributed by atoms with Crippen molar-refractivity contribution in [2.75, 3.05) is 5.32 Å². The molecule has 0 saturated carbocycles. The molecule has 0 aliphatic rings. The molecule has 0 radical (unpaired) electrons. The summed E-state index contributed by atoms with van der Waals surface area (Å²) in [5, 5.41) is 2.43. The lowest BCUT2D eigenvalue weighted by Gasteiger charge is -2.10. The zero-order chi connectivity index (χ0) is 17.7. The van der Waals surface area contributed by atoms with Gasteiger partial charge in [-0.2, -0.15) is 17.6 Å². The molecule has 1 N–H and O–H groups in total. The van der Waals surface area contributed by atoms with E-state index in [-0.39, 0.29) is 22.0 Å². The van der Waals surface area contributed by atoms with Gasteiger partial charge in [0, 0.05) is 16.1 Å². The van der Waals surface area contributed by atoms with E-state index in [2.05, 4.69) is 10.1 Å². The van der Waals surface area contributed by atoms with Crippen molar-refractivity contribution in [3.05, 3.63) is 53.1 Å². The van der Waals surface area contributed by atoms with E-state index < -0.39 is 18.3 Å². The number of carbonyl (C=O) groups excluding carboxylic acids is 1. The zero-order valence-corrected chi connectivity index (χ0v) is 13.4. The van der Waals surface area contributed by atoms with Gasteiger partial charge in [-0.1, -0.05) is 23.4 Å². The van der Waals surface area contributed by atoms with E-state index in [9.17, 15) is 22.4 Å². The predicted molar refractivity (Wildman–Crippen MR) is 84.3 cm³/mol. The van der Waals surface area contributed by atoms with Crippen LogP contribution in [0.15, 0.2) is 47.4 Å². The average molecular weight is 380 g/mol. The minimum Gasteiger partial charge on any atom is -0.433 e. The molecular weight excluding hydrogens is 370 g/mol. The van der Waals surface area contributed by atoms with Crippen LogP contribution in [0.25, 0.3) is 0 Å². The molecule has 0 unspecified atom stereocenters. The molecular formula is C15H10ClF4NO2S. The van der Waals surface area contributed by atoms with Crippen molar-refractivity contribution in [3.63, 3.8) is 0 Å². The Balaban J connectivity index is 2.05. The third-order valence-corrected chi connectivity index (χ3v) is 3.77. The number of amides is 1. The van der Waals surface area contributed by atoms with Gasteiger partial charge >= 0.3 is 6.61 Å². The minimum atomic E-state index is -3.01. The quantitative estimate of drug-likeness (QED) is 0.531. The lowest BCUT2D eigenvalue weighted by Crippen LogP contribution is -2.12. The van der Waals surface area contributed by atoms with E-state index in [4.69, 9.17) is 11.6 Å². The van der Waals surface area contributed by atoms with Crippen LogP contribution in [0.5, 0.6) is 5.75 Å². The fourth-order valence-corrected chi connectivity index (χ4v) is 2.49. The number of carbonyl (C=O) groups is 1. The van der Waals surface area contributed by atoms with E-state index in [1.54, 1.807) is 0 Å². The minimum absolute atomic E-state index is 0.0863. The van der Waals surface area contributed by atoms with Crippen LogP contribution in [0.1, 0.15) is 10.4 Å². The van der Waals surface area contributed by atoms with E-state index in [1.165, 1.54) is 42.5 Å². The number of anilines is 1. The SMILES string of the molecule is O=C(Nc1ccc(OC(F)F)c(Cl)c1)c1ccc(SC(F)F)cc1. The summed E-state index contributed by atoms with van der Waals surface area (Å²) in [6.45, 7) is -3.01. The number of alkyl halides is 4. The van der Waals surface area contributed by atoms with Crippen molar-refractivity contribution in [1.29, 1.82) is 0 Å².